The van der Waals surface area contributed by atoms with Gasteiger partial charge in [0.1, 0.15) is 0 Å². The minimum atomic E-state index is 0.319. The van der Waals surface area contributed by atoms with E-state index in [2.05, 4.69) is 30.3 Å². The number of rotatable bonds is 4. The van der Waals surface area contributed by atoms with Crippen LogP contribution >= 0.6 is 12.2 Å². The Labute approximate surface area is 118 Å². The van der Waals surface area contributed by atoms with Crippen molar-refractivity contribution < 1.29 is 9.47 Å². The van der Waals surface area contributed by atoms with Crippen molar-refractivity contribution in [1.82, 2.24) is 9.55 Å². The Balaban J connectivity index is 2.72. The molecule has 1 aromatic heterocycles. The summed E-state index contributed by atoms with van der Waals surface area (Å²) in [5.74, 6) is 1.92. The fourth-order valence-electron chi connectivity index (χ4n) is 2.15. The molecule has 1 aromatic carbocycles. The molecule has 0 aliphatic heterocycles. The monoisotopic (exact) mass is 280 g/mol. The lowest BCUT2D eigenvalue weighted by Crippen LogP contribution is -2.11. The van der Waals surface area contributed by atoms with Gasteiger partial charge in [0, 0.05) is 18.2 Å². The fourth-order valence-corrected chi connectivity index (χ4v) is 2.53. The van der Waals surface area contributed by atoms with E-state index in [9.17, 15) is 0 Å². The van der Waals surface area contributed by atoms with Gasteiger partial charge in [-0.3, -0.25) is 0 Å². The molecule has 4 nitrogen and oxygen atoms in total. The molecule has 0 saturated carbocycles. The fraction of sp³-hybridized carbons (Fsp3) is 0.500. The van der Waals surface area contributed by atoms with E-state index in [4.69, 9.17) is 21.7 Å². The van der Waals surface area contributed by atoms with Crippen LogP contribution in [0.4, 0.5) is 0 Å². The lowest BCUT2D eigenvalue weighted by molar-refractivity contribution is 0.355. The average Bonchev–Trinajstić information content (AvgIpc) is 2.70. The number of benzene rings is 1. The molecule has 1 unspecified atom stereocenters. The predicted octanol–water partition coefficient (Wildman–Crippen LogP) is 3.93. The van der Waals surface area contributed by atoms with Gasteiger partial charge in [0.15, 0.2) is 16.3 Å². The summed E-state index contributed by atoms with van der Waals surface area (Å²) >= 11 is 5.43. The molecule has 0 aliphatic carbocycles. The largest absolute Gasteiger partial charge is 0.493 e. The number of nitrogens with zero attached hydrogens (tertiary/aromatic N) is 1. The number of H-pyrrole nitrogens is 1. The van der Waals surface area contributed by atoms with E-state index in [0.29, 0.717) is 23.5 Å². The maximum absolute atomic E-state index is 5.43. The number of ether oxygens (including phenoxy) is 2. The van der Waals surface area contributed by atoms with Crippen LogP contribution < -0.4 is 9.47 Å². The molecule has 0 bridgehead atoms. The number of hydrogen-bond acceptors (Lipinski definition) is 3. The minimum absolute atomic E-state index is 0.319. The van der Waals surface area contributed by atoms with Crippen LogP contribution in [0, 0.1) is 10.7 Å². The van der Waals surface area contributed by atoms with Crippen molar-refractivity contribution >= 4 is 23.3 Å². The average molecular weight is 280 g/mol. The molecule has 0 radical (unpaired) electrons. The smallest absolute Gasteiger partial charge is 0.178 e. The summed E-state index contributed by atoms with van der Waals surface area (Å²) in [4.78, 5) is 3.23. The third-order valence-corrected chi connectivity index (χ3v) is 3.89. The van der Waals surface area contributed by atoms with Gasteiger partial charge in [-0.15, -0.1) is 0 Å². The van der Waals surface area contributed by atoms with Crippen molar-refractivity contribution in [1.29, 1.82) is 0 Å². The van der Waals surface area contributed by atoms with Crippen LogP contribution in [0.1, 0.15) is 26.8 Å². The second-order valence-corrected chi connectivity index (χ2v) is 5.40. The number of hydrogen-bond donors (Lipinski definition) is 1. The van der Waals surface area contributed by atoms with E-state index in [-0.39, 0.29) is 0 Å². The maximum atomic E-state index is 5.43. The molecular formula is C14H20N2O2S. The number of nitrogens with one attached hydrogen (secondary N) is 1. The van der Waals surface area contributed by atoms with Crippen molar-refractivity contribution in [3.05, 3.63) is 16.9 Å². The van der Waals surface area contributed by atoms with Crippen molar-refractivity contribution in [2.45, 2.75) is 26.8 Å². The minimum Gasteiger partial charge on any atom is -0.493 e. The highest BCUT2D eigenvalue weighted by molar-refractivity contribution is 7.71. The quantitative estimate of drug-likeness (QED) is 0.862. The van der Waals surface area contributed by atoms with Crippen LogP contribution in [0.25, 0.3) is 11.0 Å². The van der Waals surface area contributed by atoms with Crippen LogP contribution in [-0.2, 0) is 0 Å². The third-order valence-electron chi connectivity index (χ3n) is 3.59. The molecule has 2 aromatic rings. The molecule has 2 rings (SSSR count). The number of methoxy groups -OCH3 is 2. The Bertz CT molecular complexity index is 643. The summed E-state index contributed by atoms with van der Waals surface area (Å²) in [5.41, 5.74) is 2.01. The summed E-state index contributed by atoms with van der Waals surface area (Å²) in [6.07, 6.45) is 0. The second-order valence-electron chi connectivity index (χ2n) is 5.01. The predicted molar refractivity (Wildman–Crippen MR) is 79.8 cm³/mol. The second kappa shape index (κ2) is 5.25. The highest BCUT2D eigenvalue weighted by Crippen LogP contribution is 2.33. The van der Waals surface area contributed by atoms with Gasteiger partial charge in [-0.25, -0.2) is 0 Å². The Kier molecular flexibility index (Phi) is 3.85. The molecule has 0 aliphatic rings. The SMILES string of the molecule is COc1cc2[nH]c(=S)n(C(C)C(C)C)c2cc1OC. The first-order chi connectivity index (χ1) is 8.99. The maximum Gasteiger partial charge on any atom is 0.178 e. The number of aromatic amines is 1. The van der Waals surface area contributed by atoms with Gasteiger partial charge in [-0.2, -0.15) is 0 Å². The Morgan fingerprint density at radius 1 is 1.11 bits per heavy atom. The third kappa shape index (κ3) is 2.34. The number of imidazole rings is 1. The molecule has 5 heteroatoms. The zero-order chi connectivity index (χ0) is 14.2. The van der Waals surface area contributed by atoms with Crippen molar-refractivity contribution in [3.63, 3.8) is 0 Å². The van der Waals surface area contributed by atoms with E-state index in [0.717, 1.165) is 15.8 Å². The standard InChI is InChI=1S/C14H20N2O2S/c1-8(2)9(3)16-11-7-13(18-5)12(17-4)6-10(11)15-14(16)19/h6-9H,1-5H3,(H,15,19). The van der Waals surface area contributed by atoms with E-state index in [1.165, 1.54) is 0 Å². The molecule has 1 atom stereocenters. The number of fused-ring (bicyclic) bond motifs is 1. The first-order valence-electron chi connectivity index (χ1n) is 6.35. The van der Waals surface area contributed by atoms with Gasteiger partial charge in [0.05, 0.1) is 25.3 Å². The van der Waals surface area contributed by atoms with Gasteiger partial charge < -0.3 is 19.0 Å². The normalized spacial score (nSPS) is 12.9. The highest BCUT2D eigenvalue weighted by Gasteiger charge is 2.16. The van der Waals surface area contributed by atoms with E-state index in [1.54, 1.807) is 14.2 Å². The Morgan fingerprint density at radius 3 is 2.21 bits per heavy atom. The molecule has 0 fully saturated rings. The van der Waals surface area contributed by atoms with Gasteiger partial charge in [-0.05, 0) is 25.1 Å². The van der Waals surface area contributed by atoms with E-state index >= 15 is 0 Å². The van der Waals surface area contributed by atoms with E-state index in [1.807, 2.05) is 12.1 Å². The van der Waals surface area contributed by atoms with Gasteiger partial charge in [0.25, 0.3) is 0 Å². The molecule has 0 saturated heterocycles. The van der Waals surface area contributed by atoms with Gasteiger partial charge in [0.2, 0.25) is 0 Å². The van der Waals surface area contributed by atoms with Crippen molar-refractivity contribution in [3.8, 4) is 11.5 Å². The van der Waals surface area contributed by atoms with Crippen molar-refractivity contribution in [2.24, 2.45) is 5.92 Å². The zero-order valence-electron chi connectivity index (χ0n) is 12.0. The molecule has 1 N–H and O–H groups in total. The lowest BCUT2D eigenvalue weighted by Gasteiger charge is -2.18. The van der Waals surface area contributed by atoms with E-state index < -0.39 is 0 Å². The van der Waals surface area contributed by atoms with Crippen LogP contribution in [0.15, 0.2) is 12.1 Å². The molecular weight excluding hydrogens is 260 g/mol. The van der Waals surface area contributed by atoms with Crippen LogP contribution in [-0.4, -0.2) is 23.8 Å². The molecule has 19 heavy (non-hydrogen) atoms. The first kappa shape index (κ1) is 13.9. The Morgan fingerprint density at radius 2 is 1.68 bits per heavy atom. The molecule has 0 spiro atoms. The Hall–Kier alpha value is -1.49. The highest BCUT2D eigenvalue weighted by atomic mass is 32.1. The van der Waals surface area contributed by atoms with Crippen LogP contribution in [0.2, 0.25) is 0 Å². The summed E-state index contributed by atoms with van der Waals surface area (Å²) in [5, 5.41) is 0. The first-order valence-corrected chi connectivity index (χ1v) is 6.76. The van der Waals surface area contributed by atoms with Gasteiger partial charge in [-0.1, -0.05) is 13.8 Å². The number of aromatic nitrogens is 2. The molecule has 0 amide bonds. The van der Waals surface area contributed by atoms with Gasteiger partial charge >= 0.3 is 0 Å². The van der Waals surface area contributed by atoms with Crippen LogP contribution in [0.3, 0.4) is 0 Å². The summed E-state index contributed by atoms with van der Waals surface area (Å²) < 4.78 is 13.5. The molecule has 104 valence electrons. The summed E-state index contributed by atoms with van der Waals surface area (Å²) in [6.45, 7) is 6.54. The topological polar surface area (TPSA) is 39.2 Å². The lowest BCUT2D eigenvalue weighted by atomic mass is 10.1. The molecule has 1 heterocycles. The van der Waals surface area contributed by atoms with Crippen molar-refractivity contribution in [2.75, 3.05) is 14.2 Å². The zero-order valence-corrected chi connectivity index (χ0v) is 12.8. The summed E-state index contributed by atoms with van der Waals surface area (Å²) in [6, 6.07) is 4.21. The van der Waals surface area contributed by atoms with Crippen LogP contribution in [0.5, 0.6) is 11.5 Å². The summed E-state index contributed by atoms with van der Waals surface area (Å²) in [7, 11) is 3.27.